The highest BCUT2D eigenvalue weighted by molar-refractivity contribution is 7.90. The van der Waals surface area contributed by atoms with Crippen molar-refractivity contribution in [2.24, 2.45) is 5.92 Å². The lowest BCUT2D eigenvalue weighted by molar-refractivity contribution is 0.276. The molecule has 1 aliphatic heterocycles. The Morgan fingerprint density at radius 1 is 1.29 bits per heavy atom. The maximum absolute atomic E-state index is 13.9. The molecule has 2 aromatic rings. The predicted octanol–water partition coefficient (Wildman–Crippen LogP) is 1.86. The molecule has 28 heavy (non-hydrogen) atoms. The summed E-state index contributed by atoms with van der Waals surface area (Å²) in [6, 6.07) is 5.97. The van der Waals surface area contributed by atoms with Gasteiger partial charge in [-0.1, -0.05) is 13.8 Å². The van der Waals surface area contributed by atoms with Crippen LogP contribution < -0.4 is 9.80 Å². The molecule has 0 bridgehead atoms. The van der Waals surface area contributed by atoms with E-state index in [0.717, 1.165) is 6.26 Å². The zero-order valence-corrected chi connectivity index (χ0v) is 17.0. The van der Waals surface area contributed by atoms with E-state index in [4.69, 9.17) is 0 Å². The molecule has 1 atom stereocenters. The van der Waals surface area contributed by atoms with Crippen molar-refractivity contribution in [2.75, 3.05) is 35.7 Å². The van der Waals surface area contributed by atoms with E-state index in [1.807, 2.05) is 0 Å². The number of rotatable bonds is 5. The molecule has 0 radical (unpaired) electrons. The SMILES string of the molecule is CC(C)[C@@H]1CN(c2ccc(F)c(S(C)(=O)=O)c2)CCN1c1nccc(CO)n1. The van der Waals surface area contributed by atoms with Crippen molar-refractivity contribution in [3.05, 3.63) is 42.0 Å². The molecule has 3 rings (SSSR count). The van der Waals surface area contributed by atoms with E-state index in [1.165, 1.54) is 12.1 Å². The summed E-state index contributed by atoms with van der Waals surface area (Å²) >= 11 is 0. The number of piperazine rings is 1. The van der Waals surface area contributed by atoms with E-state index in [0.29, 0.717) is 37.0 Å². The van der Waals surface area contributed by atoms with Crippen LogP contribution in [0.2, 0.25) is 0 Å². The van der Waals surface area contributed by atoms with E-state index in [2.05, 4.69) is 33.6 Å². The van der Waals surface area contributed by atoms with Crippen molar-refractivity contribution in [3.8, 4) is 0 Å². The second kappa shape index (κ2) is 8.00. The van der Waals surface area contributed by atoms with Crippen molar-refractivity contribution in [1.82, 2.24) is 9.97 Å². The summed E-state index contributed by atoms with van der Waals surface area (Å²) in [6.45, 7) is 5.92. The minimum atomic E-state index is -3.64. The lowest BCUT2D eigenvalue weighted by Gasteiger charge is -2.44. The molecule has 1 saturated heterocycles. The molecule has 1 N–H and O–H groups in total. The number of aliphatic hydroxyl groups is 1. The average Bonchev–Trinajstić information content (AvgIpc) is 2.67. The molecule has 0 amide bonds. The third-order valence-electron chi connectivity index (χ3n) is 4.99. The van der Waals surface area contributed by atoms with Crippen LogP contribution in [-0.4, -0.2) is 55.4 Å². The molecule has 1 aromatic carbocycles. The first-order chi connectivity index (χ1) is 13.2. The van der Waals surface area contributed by atoms with Crippen molar-refractivity contribution in [1.29, 1.82) is 0 Å². The molecule has 1 aliphatic rings. The van der Waals surface area contributed by atoms with E-state index in [9.17, 15) is 17.9 Å². The minimum Gasteiger partial charge on any atom is -0.390 e. The quantitative estimate of drug-likeness (QED) is 0.808. The molecule has 152 valence electrons. The van der Waals surface area contributed by atoms with Crippen LogP contribution in [0.15, 0.2) is 35.4 Å². The first-order valence-corrected chi connectivity index (χ1v) is 11.0. The van der Waals surface area contributed by atoms with Crippen molar-refractivity contribution < 1.29 is 17.9 Å². The van der Waals surface area contributed by atoms with Crippen LogP contribution in [0.4, 0.5) is 16.0 Å². The summed E-state index contributed by atoms with van der Waals surface area (Å²) in [5.41, 5.74) is 1.24. The molecule has 0 aliphatic carbocycles. The fourth-order valence-electron chi connectivity index (χ4n) is 3.45. The molecule has 1 aromatic heterocycles. The van der Waals surface area contributed by atoms with Crippen molar-refractivity contribution in [2.45, 2.75) is 31.4 Å². The zero-order valence-electron chi connectivity index (χ0n) is 16.2. The summed E-state index contributed by atoms with van der Waals surface area (Å²) in [5, 5.41) is 9.34. The summed E-state index contributed by atoms with van der Waals surface area (Å²) < 4.78 is 37.7. The van der Waals surface area contributed by atoms with Crippen LogP contribution in [0.3, 0.4) is 0 Å². The number of halogens is 1. The Hall–Kier alpha value is -2.26. The van der Waals surface area contributed by atoms with Crippen LogP contribution in [0.1, 0.15) is 19.5 Å². The summed E-state index contributed by atoms with van der Waals surface area (Å²) in [7, 11) is -3.64. The van der Waals surface area contributed by atoms with E-state index in [1.54, 1.807) is 18.3 Å². The van der Waals surface area contributed by atoms with Crippen LogP contribution in [0, 0.1) is 11.7 Å². The number of aromatic nitrogens is 2. The molecule has 9 heteroatoms. The predicted molar refractivity (Wildman–Crippen MR) is 106 cm³/mol. The first kappa shape index (κ1) is 20.5. The molecule has 2 heterocycles. The lowest BCUT2D eigenvalue weighted by Crippen LogP contribution is -2.56. The highest BCUT2D eigenvalue weighted by Crippen LogP contribution is 2.28. The number of nitrogens with zero attached hydrogens (tertiary/aromatic N) is 4. The van der Waals surface area contributed by atoms with Gasteiger partial charge in [0.2, 0.25) is 5.95 Å². The molecule has 7 nitrogen and oxygen atoms in total. The Bertz CT molecular complexity index is 952. The zero-order chi connectivity index (χ0) is 20.5. The van der Waals surface area contributed by atoms with Gasteiger partial charge in [0.1, 0.15) is 10.7 Å². The standard InChI is InChI=1S/C19H25FN4O3S/c1-13(2)17-11-23(15-4-5-16(20)18(10-15)28(3,26)27)8-9-24(17)19-21-7-6-14(12-25)22-19/h4-7,10,13,17,25H,8-9,11-12H2,1-3H3/t17-/m0/s1. The summed E-state index contributed by atoms with van der Waals surface area (Å²) in [4.78, 5) is 12.7. The van der Waals surface area contributed by atoms with Crippen LogP contribution in [0.5, 0.6) is 0 Å². The van der Waals surface area contributed by atoms with Gasteiger partial charge in [-0.3, -0.25) is 0 Å². The fourth-order valence-corrected chi connectivity index (χ4v) is 4.20. The Kier molecular flexibility index (Phi) is 5.85. The molecule has 1 fully saturated rings. The van der Waals surface area contributed by atoms with Gasteiger partial charge in [-0.25, -0.2) is 22.8 Å². The van der Waals surface area contributed by atoms with Gasteiger partial charge in [-0.15, -0.1) is 0 Å². The smallest absolute Gasteiger partial charge is 0.225 e. The topological polar surface area (TPSA) is 86.6 Å². The van der Waals surface area contributed by atoms with E-state index < -0.39 is 15.7 Å². The fraction of sp³-hybridized carbons (Fsp3) is 0.474. The highest BCUT2D eigenvalue weighted by atomic mass is 32.2. The maximum Gasteiger partial charge on any atom is 0.225 e. The van der Waals surface area contributed by atoms with Gasteiger partial charge in [0.05, 0.1) is 18.3 Å². The van der Waals surface area contributed by atoms with Gasteiger partial charge in [0.15, 0.2) is 9.84 Å². The van der Waals surface area contributed by atoms with Gasteiger partial charge < -0.3 is 14.9 Å². The second-order valence-corrected chi connectivity index (χ2v) is 9.33. The monoisotopic (exact) mass is 408 g/mol. The maximum atomic E-state index is 13.9. The number of benzene rings is 1. The molecule has 0 unspecified atom stereocenters. The Morgan fingerprint density at radius 2 is 2.04 bits per heavy atom. The van der Waals surface area contributed by atoms with Crippen LogP contribution in [-0.2, 0) is 16.4 Å². The van der Waals surface area contributed by atoms with Gasteiger partial charge in [0.25, 0.3) is 0 Å². The van der Waals surface area contributed by atoms with Gasteiger partial charge in [0, 0.05) is 37.8 Å². The normalized spacial score (nSPS) is 18.0. The third-order valence-corrected chi connectivity index (χ3v) is 6.10. The largest absolute Gasteiger partial charge is 0.390 e. The molecule has 0 spiro atoms. The molecular formula is C19H25FN4O3S. The van der Waals surface area contributed by atoms with E-state index >= 15 is 0 Å². The highest BCUT2D eigenvalue weighted by Gasteiger charge is 2.31. The van der Waals surface area contributed by atoms with Crippen LogP contribution >= 0.6 is 0 Å². The number of hydrogen-bond acceptors (Lipinski definition) is 7. The first-order valence-electron chi connectivity index (χ1n) is 9.14. The number of sulfone groups is 1. The Balaban J connectivity index is 1.89. The second-order valence-electron chi connectivity index (χ2n) is 7.34. The average molecular weight is 408 g/mol. The minimum absolute atomic E-state index is 0.0782. The Morgan fingerprint density at radius 3 is 2.68 bits per heavy atom. The van der Waals surface area contributed by atoms with E-state index in [-0.39, 0.29) is 23.5 Å². The third kappa shape index (κ3) is 4.25. The Labute approximate surface area is 164 Å². The summed E-state index contributed by atoms with van der Waals surface area (Å²) in [6.07, 6.45) is 2.64. The van der Waals surface area contributed by atoms with Gasteiger partial charge >= 0.3 is 0 Å². The number of hydrogen-bond donors (Lipinski definition) is 1. The number of aliphatic hydroxyl groups excluding tert-OH is 1. The molecule has 0 saturated carbocycles. The van der Waals surface area contributed by atoms with Gasteiger partial charge in [-0.05, 0) is 30.2 Å². The lowest BCUT2D eigenvalue weighted by atomic mass is 9.99. The molecular weight excluding hydrogens is 383 g/mol. The van der Waals surface area contributed by atoms with Crippen molar-refractivity contribution in [3.63, 3.8) is 0 Å². The van der Waals surface area contributed by atoms with Gasteiger partial charge in [-0.2, -0.15) is 0 Å². The van der Waals surface area contributed by atoms with Crippen LogP contribution in [0.25, 0.3) is 0 Å². The number of anilines is 2. The van der Waals surface area contributed by atoms with Crippen molar-refractivity contribution >= 4 is 21.5 Å². The summed E-state index contributed by atoms with van der Waals surface area (Å²) in [5.74, 6) is 0.111.